The number of piperidine rings is 1. The van der Waals surface area contributed by atoms with Crippen molar-refractivity contribution < 1.29 is 18.0 Å². The van der Waals surface area contributed by atoms with Crippen LogP contribution in [0.2, 0.25) is 10.0 Å². The summed E-state index contributed by atoms with van der Waals surface area (Å²) in [6, 6.07) is 13.4. The zero-order valence-electron chi connectivity index (χ0n) is 20.3. The molecule has 5 rings (SSSR count). The first-order valence-electron chi connectivity index (χ1n) is 12.1. The van der Waals surface area contributed by atoms with Crippen molar-refractivity contribution in [3.63, 3.8) is 0 Å². The molecule has 1 saturated heterocycles. The molecule has 0 atom stereocenters. The first-order valence-corrected chi connectivity index (χ1v) is 13.7. The van der Waals surface area contributed by atoms with Gasteiger partial charge < -0.3 is 0 Å². The molecule has 1 aliphatic rings. The standard InChI is InChI=1S/C28H21Cl2F3N4OS/c29-19-9-12-21(22(30)16-19)24-25(34-35-26(24)27(38)36-37-14-2-1-3-15-37)23-13-11-20(39-23)10-6-17-4-7-18(8-5-17)28(31,32)33/h4-5,7-9,11-13,16H,1-3,14-15H2,(H,34,35)(H,36,38). The molecule has 2 N–H and O–H groups in total. The van der Waals surface area contributed by atoms with Crippen molar-refractivity contribution in [3.8, 4) is 33.5 Å². The second-order valence-corrected chi connectivity index (χ2v) is 10.9. The molecule has 5 nitrogen and oxygen atoms in total. The molecule has 0 saturated carbocycles. The van der Waals surface area contributed by atoms with E-state index in [2.05, 4.69) is 27.5 Å². The van der Waals surface area contributed by atoms with Crippen LogP contribution in [-0.2, 0) is 6.18 Å². The lowest BCUT2D eigenvalue weighted by Crippen LogP contribution is -2.45. The minimum Gasteiger partial charge on any atom is -0.283 e. The number of carbonyl (C=O) groups excluding carboxylic acids is 1. The van der Waals surface area contributed by atoms with Crippen LogP contribution < -0.4 is 5.43 Å². The van der Waals surface area contributed by atoms with Gasteiger partial charge in [-0.2, -0.15) is 18.3 Å². The zero-order valence-corrected chi connectivity index (χ0v) is 22.7. The van der Waals surface area contributed by atoms with E-state index in [0.717, 1.165) is 49.4 Å². The molecule has 0 bridgehead atoms. The van der Waals surface area contributed by atoms with Gasteiger partial charge in [-0.25, -0.2) is 5.01 Å². The van der Waals surface area contributed by atoms with Crippen molar-refractivity contribution in [1.29, 1.82) is 0 Å². The molecule has 1 fully saturated rings. The van der Waals surface area contributed by atoms with Gasteiger partial charge in [0, 0.05) is 34.8 Å². The highest BCUT2D eigenvalue weighted by Crippen LogP contribution is 2.40. The number of nitrogens with one attached hydrogen (secondary N) is 2. The van der Waals surface area contributed by atoms with Crippen molar-refractivity contribution in [1.82, 2.24) is 20.6 Å². The summed E-state index contributed by atoms with van der Waals surface area (Å²) in [5, 5.41) is 10.1. The molecule has 11 heteroatoms. The van der Waals surface area contributed by atoms with E-state index in [0.29, 0.717) is 37.3 Å². The van der Waals surface area contributed by atoms with Crippen molar-refractivity contribution in [3.05, 3.63) is 86.3 Å². The SMILES string of the molecule is O=C(NN1CCCCC1)c1n[nH]c(-c2ccc(C#Cc3ccc(C(F)(F)F)cc3)s2)c1-c1ccc(Cl)cc1Cl. The van der Waals surface area contributed by atoms with E-state index in [1.807, 2.05) is 11.1 Å². The number of benzene rings is 2. The quantitative estimate of drug-likeness (QED) is 0.240. The van der Waals surface area contributed by atoms with E-state index in [9.17, 15) is 18.0 Å². The predicted octanol–water partition coefficient (Wildman–Crippen LogP) is 7.66. The molecule has 0 radical (unpaired) electrons. The third-order valence-electron chi connectivity index (χ3n) is 6.19. The van der Waals surface area contributed by atoms with Gasteiger partial charge in [0.15, 0.2) is 5.69 Å². The summed E-state index contributed by atoms with van der Waals surface area (Å²) in [4.78, 5) is 14.7. The topological polar surface area (TPSA) is 61.0 Å². The van der Waals surface area contributed by atoms with Gasteiger partial charge in [-0.1, -0.05) is 47.5 Å². The van der Waals surface area contributed by atoms with Gasteiger partial charge in [0.05, 0.1) is 26.0 Å². The third kappa shape index (κ3) is 6.31. The minimum absolute atomic E-state index is 0.200. The molecular formula is C28H21Cl2F3N4OS. The Labute approximate surface area is 236 Å². The Morgan fingerprint density at radius 2 is 1.74 bits per heavy atom. The number of hydrazine groups is 1. The molecule has 3 heterocycles. The van der Waals surface area contributed by atoms with Crippen molar-refractivity contribution in [2.75, 3.05) is 13.1 Å². The summed E-state index contributed by atoms with van der Waals surface area (Å²) in [6.45, 7) is 1.54. The van der Waals surface area contributed by atoms with Gasteiger partial charge in [0.1, 0.15) is 0 Å². The van der Waals surface area contributed by atoms with Crippen LogP contribution in [0.3, 0.4) is 0 Å². The highest BCUT2D eigenvalue weighted by molar-refractivity contribution is 7.16. The summed E-state index contributed by atoms with van der Waals surface area (Å²) in [7, 11) is 0. The second kappa shape index (κ2) is 11.4. The number of aromatic amines is 1. The minimum atomic E-state index is -4.40. The summed E-state index contributed by atoms with van der Waals surface area (Å²) >= 11 is 14.0. The fourth-order valence-corrected chi connectivity index (χ4v) is 5.62. The first-order chi connectivity index (χ1) is 18.7. The van der Waals surface area contributed by atoms with E-state index >= 15 is 0 Å². The average Bonchev–Trinajstić information content (AvgIpc) is 3.55. The number of amides is 1. The fraction of sp³-hybridized carbons (Fsp3) is 0.214. The van der Waals surface area contributed by atoms with Crippen LogP contribution in [-0.4, -0.2) is 34.2 Å². The highest BCUT2D eigenvalue weighted by atomic mass is 35.5. The van der Waals surface area contributed by atoms with Crippen LogP contribution in [0.5, 0.6) is 0 Å². The van der Waals surface area contributed by atoms with Crippen LogP contribution in [0.1, 0.15) is 45.8 Å². The maximum Gasteiger partial charge on any atom is 0.416 e. The Kier molecular flexibility index (Phi) is 8.01. The molecule has 200 valence electrons. The summed E-state index contributed by atoms with van der Waals surface area (Å²) < 4.78 is 38.5. The lowest BCUT2D eigenvalue weighted by Gasteiger charge is -2.26. The molecule has 1 amide bonds. The Morgan fingerprint density at radius 3 is 2.44 bits per heavy atom. The van der Waals surface area contributed by atoms with Gasteiger partial charge in [0.2, 0.25) is 0 Å². The number of nitrogens with zero attached hydrogens (tertiary/aromatic N) is 2. The molecule has 0 unspecified atom stereocenters. The molecule has 2 aromatic carbocycles. The van der Waals surface area contributed by atoms with E-state index < -0.39 is 11.7 Å². The van der Waals surface area contributed by atoms with Crippen LogP contribution in [0.15, 0.2) is 54.6 Å². The monoisotopic (exact) mass is 588 g/mol. The zero-order chi connectivity index (χ0) is 27.6. The molecule has 0 spiro atoms. The molecule has 4 aromatic rings. The van der Waals surface area contributed by atoms with E-state index in [1.54, 1.807) is 24.3 Å². The average molecular weight is 589 g/mol. The number of halogens is 5. The van der Waals surface area contributed by atoms with E-state index in [4.69, 9.17) is 23.2 Å². The number of carbonyl (C=O) groups is 1. The third-order valence-corrected chi connectivity index (χ3v) is 7.76. The highest BCUT2D eigenvalue weighted by Gasteiger charge is 2.30. The molecular weight excluding hydrogens is 568 g/mol. The van der Waals surface area contributed by atoms with Crippen LogP contribution in [0, 0.1) is 11.8 Å². The number of thiophene rings is 1. The van der Waals surface area contributed by atoms with Crippen molar-refractivity contribution >= 4 is 40.4 Å². The Morgan fingerprint density at radius 1 is 1.00 bits per heavy atom. The first kappa shape index (κ1) is 27.3. The number of alkyl halides is 3. The Hall–Kier alpha value is -3.29. The summed E-state index contributed by atoms with van der Waals surface area (Å²) in [5.74, 6) is 5.54. The number of hydrogen-bond donors (Lipinski definition) is 2. The largest absolute Gasteiger partial charge is 0.416 e. The summed E-state index contributed by atoms with van der Waals surface area (Å²) in [5.41, 5.74) is 4.62. The van der Waals surface area contributed by atoms with Gasteiger partial charge in [-0.3, -0.25) is 15.3 Å². The summed E-state index contributed by atoms with van der Waals surface area (Å²) in [6.07, 6.45) is -1.25. The van der Waals surface area contributed by atoms with E-state index in [-0.39, 0.29) is 11.6 Å². The molecule has 39 heavy (non-hydrogen) atoms. The van der Waals surface area contributed by atoms with Crippen molar-refractivity contribution in [2.45, 2.75) is 25.4 Å². The van der Waals surface area contributed by atoms with Gasteiger partial charge >= 0.3 is 6.18 Å². The number of aromatic nitrogens is 2. The van der Waals surface area contributed by atoms with Gasteiger partial charge in [-0.05, 0) is 61.4 Å². The van der Waals surface area contributed by atoms with E-state index in [1.165, 1.54) is 23.5 Å². The smallest absolute Gasteiger partial charge is 0.283 e. The van der Waals surface area contributed by atoms with Crippen LogP contribution in [0.4, 0.5) is 13.2 Å². The number of rotatable bonds is 4. The Bertz CT molecular complexity index is 1560. The number of hydrogen-bond acceptors (Lipinski definition) is 4. The Balaban J connectivity index is 1.47. The van der Waals surface area contributed by atoms with Gasteiger partial charge in [0.25, 0.3) is 5.91 Å². The van der Waals surface area contributed by atoms with Crippen LogP contribution >= 0.6 is 34.5 Å². The maximum atomic E-state index is 13.3. The normalized spacial score (nSPS) is 14.1. The lowest BCUT2D eigenvalue weighted by atomic mass is 10.0. The predicted molar refractivity (Wildman–Crippen MR) is 148 cm³/mol. The van der Waals surface area contributed by atoms with Crippen LogP contribution in [0.25, 0.3) is 21.7 Å². The molecule has 0 aliphatic carbocycles. The van der Waals surface area contributed by atoms with Gasteiger partial charge in [-0.15, -0.1) is 11.3 Å². The lowest BCUT2D eigenvalue weighted by molar-refractivity contribution is -0.137. The molecule has 1 aliphatic heterocycles. The number of H-pyrrole nitrogens is 1. The van der Waals surface area contributed by atoms with Crippen molar-refractivity contribution in [2.24, 2.45) is 0 Å². The molecule has 2 aromatic heterocycles. The maximum absolute atomic E-state index is 13.3. The fourth-order valence-electron chi connectivity index (χ4n) is 4.26. The second-order valence-electron chi connectivity index (χ2n) is 8.92.